The minimum absolute atomic E-state index is 0. The van der Waals surface area contributed by atoms with E-state index in [1.165, 1.54) is 22.3 Å². The van der Waals surface area contributed by atoms with Gasteiger partial charge in [0.05, 0.1) is 6.10 Å². The summed E-state index contributed by atoms with van der Waals surface area (Å²) >= 11 is 0. The molecule has 166 valence electrons. The standard InChI is InChI=1S/C23H39N3O2.HI/c1-6-24-23(25-11-8-22-19(3)16-18(2)17-20(22)4)26-12-9-21(10-13-26)28-15-7-14-27-5;/h16-17,21H,6-15H2,1-5H3,(H,24,25);1H. The largest absolute Gasteiger partial charge is 0.385 e. The Hall–Kier alpha value is -0.860. The fraction of sp³-hybridized carbons (Fsp3) is 0.696. The highest BCUT2D eigenvalue weighted by atomic mass is 127. The van der Waals surface area contributed by atoms with E-state index in [9.17, 15) is 0 Å². The maximum absolute atomic E-state index is 5.98. The Labute approximate surface area is 194 Å². The summed E-state index contributed by atoms with van der Waals surface area (Å²) in [4.78, 5) is 7.31. The number of aryl methyl sites for hydroxylation is 3. The average molecular weight is 517 g/mol. The summed E-state index contributed by atoms with van der Waals surface area (Å²) in [6.45, 7) is 14.0. The van der Waals surface area contributed by atoms with Gasteiger partial charge in [-0.1, -0.05) is 17.7 Å². The predicted molar refractivity (Wildman–Crippen MR) is 133 cm³/mol. The van der Waals surface area contributed by atoms with Crippen LogP contribution in [0.5, 0.6) is 0 Å². The van der Waals surface area contributed by atoms with E-state index < -0.39 is 0 Å². The zero-order chi connectivity index (χ0) is 20.4. The van der Waals surface area contributed by atoms with E-state index in [1.807, 2.05) is 0 Å². The highest BCUT2D eigenvalue weighted by Gasteiger charge is 2.21. The molecule has 1 aromatic rings. The summed E-state index contributed by atoms with van der Waals surface area (Å²) in [7, 11) is 1.74. The number of nitrogens with zero attached hydrogens (tertiary/aromatic N) is 2. The molecule has 1 N–H and O–H groups in total. The Kier molecular flexibility index (Phi) is 12.8. The summed E-state index contributed by atoms with van der Waals surface area (Å²) < 4.78 is 11.1. The van der Waals surface area contributed by atoms with Gasteiger partial charge in [-0.2, -0.15) is 0 Å². The highest BCUT2D eigenvalue weighted by Crippen LogP contribution is 2.17. The zero-order valence-corrected chi connectivity index (χ0v) is 21.3. The first-order valence-electron chi connectivity index (χ1n) is 10.8. The Morgan fingerprint density at radius 2 is 1.79 bits per heavy atom. The molecule has 0 radical (unpaired) electrons. The lowest BCUT2D eigenvalue weighted by atomic mass is 9.97. The molecule has 5 nitrogen and oxygen atoms in total. The van der Waals surface area contributed by atoms with E-state index in [2.05, 4.69) is 50.0 Å². The first-order valence-corrected chi connectivity index (χ1v) is 10.8. The summed E-state index contributed by atoms with van der Waals surface area (Å²) in [6, 6.07) is 4.54. The molecule has 0 bridgehead atoms. The van der Waals surface area contributed by atoms with Crippen molar-refractivity contribution in [1.29, 1.82) is 0 Å². The molecule has 1 saturated heterocycles. The quantitative estimate of drug-likeness (QED) is 0.230. The molecule has 1 fully saturated rings. The number of likely N-dealkylation sites (tertiary alicyclic amines) is 1. The summed E-state index contributed by atoms with van der Waals surface area (Å²) in [6.07, 6.45) is 4.46. The maximum atomic E-state index is 5.98. The normalized spacial score (nSPS) is 15.3. The van der Waals surface area contributed by atoms with Crippen molar-refractivity contribution >= 4 is 29.9 Å². The lowest BCUT2D eigenvalue weighted by Gasteiger charge is -2.34. The van der Waals surface area contributed by atoms with Crippen molar-refractivity contribution in [3.63, 3.8) is 0 Å². The van der Waals surface area contributed by atoms with Crippen LogP contribution in [0.3, 0.4) is 0 Å². The predicted octanol–water partition coefficient (Wildman–Crippen LogP) is 4.26. The SMILES string of the molecule is CCNC(=NCCc1c(C)cc(C)cc1C)N1CCC(OCCCOC)CC1.I. The van der Waals surface area contributed by atoms with Crippen LogP contribution in [0.1, 0.15) is 48.4 Å². The third-order valence-electron chi connectivity index (χ3n) is 5.39. The van der Waals surface area contributed by atoms with Crippen LogP contribution in [0.4, 0.5) is 0 Å². The van der Waals surface area contributed by atoms with Gasteiger partial charge in [-0.3, -0.25) is 4.99 Å². The summed E-state index contributed by atoms with van der Waals surface area (Å²) in [5.74, 6) is 1.04. The second kappa shape index (κ2) is 14.2. The van der Waals surface area contributed by atoms with Crippen molar-refractivity contribution in [2.45, 2.75) is 59.5 Å². The number of guanidine groups is 1. The maximum Gasteiger partial charge on any atom is 0.193 e. The molecular weight excluding hydrogens is 477 g/mol. The van der Waals surface area contributed by atoms with Crippen molar-refractivity contribution in [3.05, 3.63) is 34.4 Å². The Morgan fingerprint density at radius 3 is 2.38 bits per heavy atom. The first kappa shape index (κ1) is 26.2. The van der Waals surface area contributed by atoms with E-state index in [4.69, 9.17) is 14.5 Å². The number of ether oxygens (including phenoxy) is 2. The number of hydrogen-bond donors (Lipinski definition) is 1. The topological polar surface area (TPSA) is 46.1 Å². The molecule has 1 aliphatic rings. The zero-order valence-electron chi connectivity index (χ0n) is 18.9. The summed E-state index contributed by atoms with van der Waals surface area (Å²) in [5, 5.41) is 3.47. The van der Waals surface area contributed by atoms with Crippen LogP contribution in [-0.4, -0.2) is 63.5 Å². The lowest BCUT2D eigenvalue weighted by molar-refractivity contribution is 0.00991. The van der Waals surface area contributed by atoms with Crippen molar-refractivity contribution in [1.82, 2.24) is 10.2 Å². The van der Waals surface area contributed by atoms with Gasteiger partial charge in [-0.05, 0) is 70.1 Å². The molecule has 0 aliphatic carbocycles. The van der Waals surface area contributed by atoms with Crippen LogP contribution < -0.4 is 5.32 Å². The number of hydrogen-bond acceptors (Lipinski definition) is 3. The fourth-order valence-electron chi connectivity index (χ4n) is 3.99. The van der Waals surface area contributed by atoms with Crippen LogP contribution in [-0.2, 0) is 15.9 Å². The van der Waals surface area contributed by atoms with Crippen LogP contribution in [0.15, 0.2) is 17.1 Å². The Balaban J connectivity index is 0.00000420. The second-order valence-electron chi connectivity index (χ2n) is 7.77. The summed E-state index contributed by atoms with van der Waals surface area (Å²) in [5.41, 5.74) is 5.53. The van der Waals surface area contributed by atoms with E-state index in [1.54, 1.807) is 7.11 Å². The minimum atomic E-state index is 0. The van der Waals surface area contributed by atoms with Gasteiger partial charge in [0.15, 0.2) is 5.96 Å². The molecule has 0 saturated carbocycles. The molecule has 1 aromatic carbocycles. The van der Waals surface area contributed by atoms with Crippen LogP contribution in [0.2, 0.25) is 0 Å². The second-order valence-corrected chi connectivity index (χ2v) is 7.77. The first-order chi connectivity index (χ1) is 13.5. The number of nitrogens with one attached hydrogen (secondary N) is 1. The van der Waals surface area contributed by atoms with E-state index >= 15 is 0 Å². The molecule has 6 heteroatoms. The number of piperidine rings is 1. The third kappa shape index (κ3) is 8.80. The molecule has 0 unspecified atom stereocenters. The van der Waals surface area contributed by atoms with Crippen LogP contribution in [0, 0.1) is 20.8 Å². The molecule has 0 atom stereocenters. The van der Waals surface area contributed by atoms with E-state index in [0.29, 0.717) is 6.10 Å². The van der Waals surface area contributed by atoms with Gasteiger partial charge in [0.25, 0.3) is 0 Å². The molecule has 2 rings (SSSR count). The highest BCUT2D eigenvalue weighted by molar-refractivity contribution is 14.0. The van der Waals surface area contributed by atoms with Crippen LogP contribution >= 0.6 is 24.0 Å². The van der Waals surface area contributed by atoms with Gasteiger partial charge < -0.3 is 19.7 Å². The minimum Gasteiger partial charge on any atom is -0.385 e. The molecule has 29 heavy (non-hydrogen) atoms. The molecular formula is C23H40IN3O2. The third-order valence-corrected chi connectivity index (χ3v) is 5.39. The number of aliphatic imine (C=N–C) groups is 1. The fourth-order valence-corrected chi connectivity index (χ4v) is 3.99. The molecule has 0 aromatic heterocycles. The Bertz CT molecular complexity index is 606. The van der Waals surface area contributed by atoms with Crippen LogP contribution in [0.25, 0.3) is 0 Å². The molecule has 0 amide bonds. The van der Waals surface area contributed by atoms with Crippen molar-refractivity contribution in [3.8, 4) is 0 Å². The smallest absolute Gasteiger partial charge is 0.193 e. The Morgan fingerprint density at radius 1 is 1.14 bits per heavy atom. The number of benzene rings is 1. The van der Waals surface area contributed by atoms with Crippen molar-refractivity contribution in [2.24, 2.45) is 4.99 Å². The van der Waals surface area contributed by atoms with Gasteiger partial charge in [0.2, 0.25) is 0 Å². The monoisotopic (exact) mass is 517 g/mol. The molecule has 1 heterocycles. The number of halogens is 1. The van der Waals surface area contributed by atoms with E-state index in [0.717, 1.165) is 71.0 Å². The molecule has 1 aliphatic heterocycles. The van der Waals surface area contributed by atoms with Gasteiger partial charge in [0, 0.05) is 46.5 Å². The lowest BCUT2D eigenvalue weighted by Crippen LogP contribution is -2.47. The van der Waals surface area contributed by atoms with Gasteiger partial charge in [-0.15, -0.1) is 24.0 Å². The van der Waals surface area contributed by atoms with Gasteiger partial charge >= 0.3 is 0 Å². The van der Waals surface area contributed by atoms with E-state index in [-0.39, 0.29) is 24.0 Å². The van der Waals surface area contributed by atoms with Gasteiger partial charge in [0.1, 0.15) is 0 Å². The molecule has 0 spiro atoms. The average Bonchev–Trinajstić information content (AvgIpc) is 2.67. The number of rotatable bonds is 9. The number of methoxy groups -OCH3 is 1. The van der Waals surface area contributed by atoms with Crippen molar-refractivity contribution in [2.75, 3.05) is 46.5 Å². The van der Waals surface area contributed by atoms with Crippen molar-refractivity contribution < 1.29 is 9.47 Å². The van der Waals surface area contributed by atoms with Gasteiger partial charge in [-0.25, -0.2) is 0 Å².